The van der Waals surface area contributed by atoms with Crippen LogP contribution in [0.2, 0.25) is 5.02 Å². The first-order chi connectivity index (χ1) is 16.0. The molecule has 5 rings (SSSR count). The molecule has 1 aliphatic heterocycles. The van der Waals surface area contributed by atoms with Crippen LogP contribution in [0.4, 0.5) is 4.39 Å². The molecule has 1 aromatic carbocycles. The number of carbonyl (C=O) groups excluding carboxylic acids is 1. The number of hydrogen-bond acceptors (Lipinski definition) is 3. The van der Waals surface area contributed by atoms with Crippen LogP contribution in [0.5, 0.6) is 0 Å². The zero-order valence-electron chi connectivity index (χ0n) is 18.1. The summed E-state index contributed by atoms with van der Waals surface area (Å²) < 4.78 is 14.9. The van der Waals surface area contributed by atoms with Crippen molar-refractivity contribution in [2.75, 3.05) is 13.1 Å². The van der Waals surface area contributed by atoms with Crippen molar-refractivity contribution in [1.29, 1.82) is 0 Å². The van der Waals surface area contributed by atoms with Gasteiger partial charge in [0.2, 0.25) is 18.3 Å². The Hall–Kier alpha value is -3.25. The van der Waals surface area contributed by atoms with Crippen molar-refractivity contribution < 1.29 is 19.1 Å². The quantitative estimate of drug-likeness (QED) is 0.457. The summed E-state index contributed by atoms with van der Waals surface area (Å²) in [5.74, 6) is -0.251. The highest BCUT2D eigenvalue weighted by molar-refractivity contribution is 6.30. The summed E-state index contributed by atoms with van der Waals surface area (Å²) in [6, 6.07) is 11.0. The molecule has 1 fully saturated rings. The first kappa shape index (κ1) is 21.6. The van der Waals surface area contributed by atoms with Crippen LogP contribution in [0.3, 0.4) is 0 Å². The van der Waals surface area contributed by atoms with Crippen LogP contribution in [0.1, 0.15) is 40.8 Å². The van der Waals surface area contributed by atoms with E-state index in [1.165, 1.54) is 24.2 Å². The van der Waals surface area contributed by atoms with Crippen molar-refractivity contribution in [2.45, 2.75) is 32.1 Å². The smallest absolute Gasteiger partial charge is 0.227 e. The third kappa shape index (κ3) is 4.48. The first-order valence-corrected chi connectivity index (χ1v) is 11.5. The second-order valence-electron chi connectivity index (χ2n) is 8.59. The van der Waals surface area contributed by atoms with Gasteiger partial charge in [0.25, 0.3) is 0 Å². The number of piperidine rings is 1. The van der Waals surface area contributed by atoms with E-state index in [1.807, 2.05) is 23.1 Å². The minimum atomic E-state index is -0.324. The third-order valence-electron chi connectivity index (χ3n) is 6.48. The molecule has 33 heavy (non-hydrogen) atoms. The molecule has 2 aliphatic rings. The molecular formula is C26H24ClFN3O2+. The zero-order chi connectivity index (χ0) is 22.9. The molecule has 5 nitrogen and oxygen atoms in total. The Balaban J connectivity index is 1.44. The number of rotatable bonds is 2. The number of pyridine rings is 2. The van der Waals surface area contributed by atoms with Crippen LogP contribution < -0.4 is 4.73 Å². The van der Waals surface area contributed by atoms with Gasteiger partial charge in [-0.15, -0.1) is 0 Å². The number of halogens is 2. The van der Waals surface area contributed by atoms with Crippen LogP contribution in [0, 0.1) is 5.82 Å². The predicted octanol–water partition coefficient (Wildman–Crippen LogP) is 4.16. The maximum absolute atomic E-state index is 14.0. The van der Waals surface area contributed by atoms with E-state index in [9.17, 15) is 14.4 Å². The van der Waals surface area contributed by atoms with Crippen molar-refractivity contribution in [2.24, 2.45) is 0 Å². The molecule has 1 N–H and O–H groups in total. The number of carbonyl (C=O) groups is 1. The molecule has 1 amide bonds. The monoisotopic (exact) mass is 464 g/mol. The van der Waals surface area contributed by atoms with Gasteiger partial charge in [0.1, 0.15) is 5.82 Å². The molecule has 7 heteroatoms. The first-order valence-electron chi connectivity index (χ1n) is 11.1. The Morgan fingerprint density at radius 1 is 1.06 bits per heavy atom. The fourth-order valence-corrected chi connectivity index (χ4v) is 4.99. The highest BCUT2D eigenvalue weighted by Crippen LogP contribution is 2.38. The van der Waals surface area contributed by atoms with Crippen molar-refractivity contribution >= 4 is 23.1 Å². The number of hydrogen-bond donors (Lipinski definition) is 1. The second-order valence-corrected chi connectivity index (χ2v) is 9.02. The maximum atomic E-state index is 14.0. The molecule has 0 spiro atoms. The third-order valence-corrected chi connectivity index (χ3v) is 6.72. The van der Waals surface area contributed by atoms with Crippen LogP contribution in [0.25, 0.3) is 5.57 Å². The summed E-state index contributed by atoms with van der Waals surface area (Å²) in [6.07, 6.45) is 7.60. The predicted molar refractivity (Wildman–Crippen MR) is 122 cm³/mol. The van der Waals surface area contributed by atoms with E-state index in [0.29, 0.717) is 31.0 Å². The second kappa shape index (κ2) is 8.94. The largest absolute Gasteiger partial charge is 0.342 e. The number of benzene rings is 1. The topological polar surface area (TPSA) is 57.3 Å². The van der Waals surface area contributed by atoms with Gasteiger partial charge in [-0.2, -0.15) is 0 Å². The Bertz CT molecular complexity index is 1190. The van der Waals surface area contributed by atoms with Gasteiger partial charge in [-0.3, -0.25) is 15.0 Å². The lowest BCUT2D eigenvalue weighted by atomic mass is 9.88. The van der Waals surface area contributed by atoms with Gasteiger partial charge in [0.15, 0.2) is 0 Å². The Morgan fingerprint density at radius 2 is 1.79 bits per heavy atom. The summed E-state index contributed by atoms with van der Waals surface area (Å²) in [5, 5.41) is 10.1. The molecule has 168 valence electrons. The Morgan fingerprint density at radius 3 is 2.55 bits per heavy atom. The molecule has 3 heterocycles. The van der Waals surface area contributed by atoms with Crippen molar-refractivity contribution in [3.8, 4) is 0 Å². The van der Waals surface area contributed by atoms with Crippen LogP contribution in [-0.2, 0) is 24.1 Å². The van der Waals surface area contributed by atoms with Crippen LogP contribution >= 0.6 is 11.6 Å². The van der Waals surface area contributed by atoms with Crippen molar-refractivity contribution in [1.82, 2.24) is 9.88 Å². The van der Waals surface area contributed by atoms with E-state index in [1.54, 1.807) is 18.2 Å². The minimum Gasteiger partial charge on any atom is -0.342 e. The van der Waals surface area contributed by atoms with Gasteiger partial charge in [0, 0.05) is 40.5 Å². The Kier molecular flexibility index (Phi) is 5.85. The van der Waals surface area contributed by atoms with Crippen LogP contribution in [0.15, 0.2) is 60.6 Å². The number of aryl methyl sites for hydroxylation is 2. The molecule has 3 aromatic rings. The number of likely N-dealkylation sites (tertiary alicyclic amines) is 1. The summed E-state index contributed by atoms with van der Waals surface area (Å²) in [7, 11) is 0. The fraction of sp³-hybridized carbons (Fsp3) is 0.269. The minimum absolute atomic E-state index is 0.0726. The molecule has 2 aromatic heterocycles. The van der Waals surface area contributed by atoms with E-state index in [4.69, 9.17) is 11.6 Å². The molecule has 0 bridgehead atoms. The normalized spacial score (nSPS) is 15.6. The van der Waals surface area contributed by atoms with Gasteiger partial charge < -0.3 is 4.90 Å². The number of amides is 1. The molecule has 0 saturated carbocycles. The van der Waals surface area contributed by atoms with E-state index in [2.05, 4.69) is 4.98 Å². The highest BCUT2D eigenvalue weighted by atomic mass is 35.5. The van der Waals surface area contributed by atoms with E-state index >= 15 is 0 Å². The lowest BCUT2D eigenvalue weighted by Gasteiger charge is -2.30. The lowest BCUT2D eigenvalue weighted by Crippen LogP contribution is -2.37. The fourth-order valence-electron chi connectivity index (χ4n) is 4.79. The van der Waals surface area contributed by atoms with Gasteiger partial charge in [-0.1, -0.05) is 23.2 Å². The number of aromatic nitrogens is 2. The van der Waals surface area contributed by atoms with Gasteiger partial charge >= 0.3 is 0 Å². The standard InChI is InChI=1S/C26H24ClFN3O2/c27-21-3-4-23-19(14-21)1-2-20-15-22(28)16-29-26(20)25(23)18-7-9-30(10-8-18)24(32)13-17-5-11-31(33)12-6-17/h3-6,11-12,14-16,33H,1-2,7-10,13H2/q+1. The molecular weight excluding hydrogens is 441 g/mol. The average Bonchev–Trinajstić information content (AvgIpc) is 2.97. The van der Waals surface area contributed by atoms with Crippen LogP contribution in [-0.4, -0.2) is 34.1 Å². The molecule has 1 saturated heterocycles. The van der Waals surface area contributed by atoms with E-state index < -0.39 is 0 Å². The highest BCUT2D eigenvalue weighted by Gasteiger charge is 2.27. The summed E-state index contributed by atoms with van der Waals surface area (Å²) >= 11 is 6.28. The van der Waals surface area contributed by atoms with Gasteiger partial charge in [-0.25, -0.2) is 4.39 Å². The summed E-state index contributed by atoms with van der Waals surface area (Å²) in [4.78, 5) is 19.2. The Labute approximate surface area is 196 Å². The SMILES string of the molecule is O=C(Cc1cc[n+](O)cc1)N1CCC(=C2c3ccc(Cl)cc3CCc3cc(F)cnc32)CC1. The van der Waals surface area contributed by atoms with Gasteiger partial charge in [0.05, 0.1) is 18.3 Å². The molecule has 0 atom stereocenters. The molecule has 1 aliphatic carbocycles. The average molecular weight is 465 g/mol. The maximum Gasteiger partial charge on any atom is 0.227 e. The van der Waals surface area contributed by atoms with Gasteiger partial charge in [-0.05, 0) is 66.1 Å². The summed E-state index contributed by atoms with van der Waals surface area (Å²) in [5.41, 5.74) is 7.18. The van der Waals surface area contributed by atoms with E-state index in [-0.39, 0.29) is 11.7 Å². The molecule has 0 unspecified atom stereocenters. The number of fused-ring (bicyclic) bond motifs is 2. The lowest BCUT2D eigenvalue weighted by molar-refractivity contribution is -0.904. The zero-order valence-corrected chi connectivity index (χ0v) is 18.9. The van der Waals surface area contributed by atoms with E-state index in [0.717, 1.165) is 57.5 Å². The van der Waals surface area contributed by atoms with Crippen molar-refractivity contribution in [3.63, 3.8) is 0 Å². The molecule has 0 radical (unpaired) electrons. The summed E-state index contributed by atoms with van der Waals surface area (Å²) in [6.45, 7) is 1.26. The van der Waals surface area contributed by atoms with Crippen molar-refractivity contribution in [3.05, 3.63) is 99.3 Å². The number of nitrogens with zero attached hydrogens (tertiary/aromatic N) is 3.